The van der Waals surface area contributed by atoms with Crippen molar-refractivity contribution < 1.29 is 18.9 Å². The zero-order valence-electron chi connectivity index (χ0n) is 13.8. The molecular formula is C18H13N3O5. The Morgan fingerprint density at radius 3 is 2.62 bits per heavy atom. The quantitative estimate of drug-likeness (QED) is 0.405. The molecule has 0 radical (unpaired) electrons. The van der Waals surface area contributed by atoms with E-state index in [-0.39, 0.29) is 29.0 Å². The molecule has 0 fully saturated rings. The maximum absolute atomic E-state index is 12.5. The molecule has 0 bridgehead atoms. The van der Waals surface area contributed by atoms with Gasteiger partial charge in [-0.25, -0.2) is 4.98 Å². The van der Waals surface area contributed by atoms with Crippen LogP contribution in [0.1, 0.15) is 34.1 Å². The summed E-state index contributed by atoms with van der Waals surface area (Å²) in [6, 6.07) is 8.96. The number of aromatic nitrogens is 1. The van der Waals surface area contributed by atoms with E-state index in [2.05, 4.69) is 4.98 Å². The number of nitrogens with zero attached hydrogens (tertiary/aromatic N) is 3. The van der Waals surface area contributed by atoms with Crippen LogP contribution in [0.5, 0.6) is 0 Å². The molecule has 0 atom stereocenters. The number of hydrogen-bond acceptors (Lipinski definition) is 6. The minimum absolute atomic E-state index is 0.0925. The number of carbonyl (C=O) groups excluding carboxylic acids is 2. The zero-order chi connectivity index (χ0) is 18.4. The van der Waals surface area contributed by atoms with Crippen molar-refractivity contribution in [3.05, 3.63) is 57.6 Å². The first kappa shape index (κ1) is 15.9. The average molecular weight is 351 g/mol. The second-order valence-electron chi connectivity index (χ2n) is 5.95. The van der Waals surface area contributed by atoms with Gasteiger partial charge >= 0.3 is 0 Å². The lowest BCUT2D eigenvalue weighted by Gasteiger charge is -2.11. The molecule has 8 nitrogen and oxygen atoms in total. The van der Waals surface area contributed by atoms with Gasteiger partial charge in [0.05, 0.1) is 22.1 Å². The molecule has 0 saturated heterocycles. The second kappa shape index (κ2) is 5.76. The topological polar surface area (TPSA) is 107 Å². The zero-order valence-corrected chi connectivity index (χ0v) is 13.8. The summed E-state index contributed by atoms with van der Waals surface area (Å²) < 4.78 is 5.62. The highest BCUT2D eigenvalue weighted by Crippen LogP contribution is 2.31. The summed E-state index contributed by atoms with van der Waals surface area (Å²) in [5.74, 6) is -0.399. The molecule has 1 aromatic heterocycles. The van der Waals surface area contributed by atoms with E-state index in [0.29, 0.717) is 35.2 Å². The maximum Gasteiger partial charge on any atom is 0.273 e. The van der Waals surface area contributed by atoms with Crippen LogP contribution in [-0.4, -0.2) is 33.2 Å². The van der Waals surface area contributed by atoms with Gasteiger partial charge in [-0.15, -0.1) is 0 Å². The van der Waals surface area contributed by atoms with Crippen LogP contribution >= 0.6 is 0 Å². The van der Waals surface area contributed by atoms with Crippen molar-refractivity contribution in [2.45, 2.75) is 13.3 Å². The monoisotopic (exact) mass is 351 g/mol. The van der Waals surface area contributed by atoms with E-state index in [4.69, 9.17) is 4.42 Å². The van der Waals surface area contributed by atoms with Gasteiger partial charge in [-0.1, -0.05) is 6.92 Å². The third-order valence-electron chi connectivity index (χ3n) is 4.25. The van der Waals surface area contributed by atoms with Crippen LogP contribution in [-0.2, 0) is 0 Å². The van der Waals surface area contributed by atoms with Crippen molar-refractivity contribution in [2.75, 3.05) is 6.54 Å². The van der Waals surface area contributed by atoms with Gasteiger partial charge in [0.1, 0.15) is 5.52 Å². The highest BCUT2D eigenvalue weighted by Gasteiger charge is 2.35. The summed E-state index contributed by atoms with van der Waals surface area (Å²) in [5, 5.41) is 10.9. The molecule has 2 heterocycles. The van der Waals surface area contributed by atoms with E-state index in [1.807, 2.05) is 6.92 Å². The molecule has 4 rings (SSSR count). The van der Waals surface area contributed by atoms with E-state index in [1.165, 1.54) is 23.1 Å². The number of carbonyl (C=O) groups is 2. The van der Waals surface area contributed by atoms with Gasteiger partial charge < -0.3 is 4.42 Å². The number of amides is 2. The number of nitro groups is 1. The Morgan fingerprint density at radius 1 is 1.12 bits per heavy atom. The Morgan fingerprint density at radius 2 is 1.88 bits per heavy atom. The molecule has 0 saturated carbocycles. The molecule has 0 aliphatic carbocycles. The summed E-state index contributed by atoms with van der Waals surface area (Å²) in [6.45, 7) is 2.26. The van der Waals surface area contributed by atoms with Gasteiger partial charge in [0, 0.05) is 18.2 Å². The van der Waals surface area contributed by atoms with E-state index >= 15 is 0 Å². The number of hydrogen-bond donors (Lipinski definition) is 0. The molecule has 1 aliphatic rings. The van der Waals surface area contributed by atoms with Crippen LogP contribution in [0.2, 0.25) is 0 Å². The van der Waals surface area contributed by atoms with Crippen LogP contribution in [0.3, 0.4) is 0 Å². The van der Waals surface area contributed by atoms with Crippen molar-refractivity contribution in [1.29, 1.82) is 0 Å². The third-order valence-corrected chi connectivity index (χ3v) is 4.25. The predicted octanol–water partition coefficient (Wildman–Crippen LogP) is 3.41. The first-order valence-corrected chi connectivity index (χ1v) is 8.05. The Balaban J connectivity index is 1.76. The number of non-ortho nitro benzene ring substituents is 1. The molecule has 0 spiro atoms. The van der Waals surface area contributed by atoms with Gasteiger partial charge in [-0.05, 0) is 30.7 Å². The van der Waals surface area contributed by atoms with Gasteiger partial charge in [0.2, 0.25) is 5.89 Å². The third kappa shape index (κ3) is 2.34. The van der Waals surface area contributed by atoms with Crippen LogP contribution in [0.25, 0.3) is 22.6 Å². The second-order valence-corrected chi connectivity index (χ2v) is 5.95. The van der Waals surface area contributed by atoms with E-state index in [0.717, 1.165) is 0 Å². The van der Waals surface area contributed by atoms with Gasteiger partial charge in [0.15, 0.2) is 5.58 Å². The van der Waals surface area contributed by atoms with Gasteiger partial charge in [-0.2, -0.15) is 0 Å². The Bertz CT molecular complexity index is 1090. The van der Waals surface area contributed by atoms with Crippen LogP contribution < -0.4 is 0 Å². The Hall–Kier alpha value is -3.55. The summed E-state index contributed by atoms with van der Waals surface area (Å²) in [6.07, 6.45) is 0.683. The molecule has 8 heteroatoms. The molecule has 0 unspecified atom stereocenters. The summed E-state index contributed by atoms with van der Waals surface area (Å²) in [5.41, 5.74) is 1.87. The number of imide groups is 1. The van der Waals surface area contributed by atoms with E-state index < -0.39 is 4.92 Å². The lowest BCUT2D eigenvalue weighted by molar-refractivity contribution is -0.384. The lowest BCUT2D eigenvalue weighted by atomic mass is 10.1. The average Bonchev–Trinajstić information content (AvgIpc) is 3.16. The van der Waals surface area contributed by atoms with Crippen LogP contribution in [0.4, 0.5) is 5.69 Å². The highest BCUT2D eigenvalue weighted by atomic mass is 16.6. The fourth-order valence-electron chi connectivity index (χ4n) is 3.00. The molecule has 0 N–H and O–H groups in total. The first-order valence-electron chi connectivity index (χ1n) is 8.05. The number of rotatable bonds is 4. The van der Waals surface area contributed by atoms with Gasteiger partial charge in [0.25, 0.3) is 17.5 Å². The van der Waals surface area contributed by atoms with Crippen molar-refractivity contribution in [2.24, 2.45) is 0 Å². The van der Waals surface area contributed by atoms with Crippen molar-refractivity contribution in [3.8, 4) is 11.5 Å². The minimum atomic E-state index is -0.510. The number of nitro benzene ring substituents is 1. The molecule has 26 heavy (non-hydrogen) atoms. The number of oxazole rings is 1. The molecule has 2 amide bonds. The first-order chi connectivity index (χ1) is 12.5. The molecule has 1 aliphatic heterocycles. The fraction of sp³-hybridized carbons (Fsp3) is 0.167. The van der Waals surface area contributed by atoms with Crippen LogP contribution in [0.15, 0.2) is 40.8 Å². The molecule has 3 aromatic rings. The number of fused-ring (bicyclic) bond motifs is 2. The van der Waals surface area contributed by atoms with Crippen molar-refractivity contribution in [1.82, 2.24) is 9.88 Å². The van der Waals surface area contributed by atoms with E-state index in [9.17, 15) is 19.7 Å². The smallest absolute Gasteiger partial charge is 0.273 e. The summed E-state index contributed by atoms with van der Waals surface area (Å²) in [7, 11) is 0. The normalized spacial score (nSPS) is 13.5. The van der Waals surface area contributed by atoms with E-state index in [1.54, 1.807) is 18.2 Å². The van der Waals surface area contributed by atoms with Gasteiger partial charge in [-0.3, -0.25) is 24.6 Å². The summed E-state index contributed by atoms with van der Waals surface area (Å²) in [4.78, 5) is 40.6. The largest absolute Gasteiger partial charge is 0.436 e. The molecule has 2 aromatic carbocycles. The minimum Gasteiger partial charge on any atom is -0.436 e. The maximum atomic E-state index is 12.5. The Labute approximate surface area is 147 Å². The van der Waals surface area contributed by atoms with Crippen molar-refractivity contribution in [3.63, 3.8) is 0 Å². The standard InChI is InChI=1S/C18H13N3O5/c1-2-7-20-17(22)12-5-3-10(8-13(12)18(20)23)16-19-14-6-4-11(21(24)25)9-15(14)26-16/h3-6,8-9H,2,7H2,1H3. The number of benzene rings is 2. The SMILES string of the molecule is CCCN1C(=O)c2ccc(-c3nc4ccc([N+](=O)[O-])cc4o3)cc2C1=O. The summed E-state index contributed by atoms with van der Waals surface area (Å²) >= 11 is 0. The fourth-order valence-corrected chi connectivity index (χ4v) is 3.00. The predicted molar refractivity (Wildman–Crippen MR) is 91.8 cm³/mol. The molecule has 130 valence electrons. The molecular weight excluding hydrogens is 338 g/mol. The van der Waals surface area contributed by atoms with Crippen molar-refractivity contribution >= 4 is 28.6 Å². The highest BCUT2D eigenvalue weighted by molar-refractivity contribution is 6.21. The van der Waals surface area contributed by atoms with Crippen LogP contribution in [0, 0.1) is 10.1 Å². The Kier molecular flexibility index (Phi) is 3.54. The lowest BCUT2D eigenvalue weighted by Crippen LogP contribution is -2.30.